The minimum Gasteiger partial charge on any atom is -0.494 e. The van der Waals surface area contributed by atoms with Crippen molar-refractivity contribution in [2.45, 2.75) is 36.1 Å². The standard InChI is InChI=1S/C26H34ClN7O3S/c1-6-24(36)29-20-11-21(23(37-5)12-22(20)33-9-7-17(8-10-33)32(3)4)30-26-28-13-19(27)25(31-26)38-18-14-34(15-18)16(2)35/h6,11-13,17-18H,1,7-10,14-15H2,2-5H3,(H,29,36)(H,28,30,31). The summed E-state index contributed by atoms with van der Waals surface area (Å²) in [4.78, 5) is 39.0. The van der Waals surface area contributed by atoms with Gasteiger partial charge in [0.2, 0.25) is 17.8 Å². The SMILES string of the molecule is C=CC(=O)Nc1cc(Nc2ncc(Cl)c(SC3CN(C(C)=O)C3)n2)c(OC)cc1N1CCC(N(C)C)CC1. The van der Waals surface area contributed by atoms with Crippen LogP contribution >= 0.6 is 23.4 Å². The van der Waals surface area contributed by atoms with E-state index in [-0.39, 0.29) is 17.1 Å². The molecule has 0 radical (unpaired) electrons. The Morgan fingerprint density at radius 3 is 2.55 bits per heavy atom. The van der Waals surface area contributed by atoms with Crippen LogP contribution in [-0.2, 0) is 9.59 Å². The van der Waals surface area contributed by atoms with E-state index in [2.05, 4.69) is 51.1 Å². The molecule has 0 saturated carbocycles. The van der Waals surface area contributed by atoms with Crippen LogP contribution in [-0.4, -0.2) is 90.3 Å². The molecule has 2 aliphatic heterocycles. The van der Waals surface area contributed by atoms with E-state index in [0.717, 1.165) is 31.6 Å². The Kier molecular flexibility index (Phi) is 9.01. The zero-order valence-electron chi connectivity index (χ0n) is 22.2. The first-order valence-corrected chi connectivity index (χ1v) is 13.7. The fourth-order valence-electron chi connectivity index (χ4n) is 4.55. The minimum absolute atomic E-state index is 0.0648. The molecule has 2 aliphatic rings. The number of ether oxygens (including phenoxy) is 1. The van der Waals surface area contributed by atoms with Crippen LogP contribution in [0.4, 0.5) is 23.0 Å². The molecule has 204 valence electrons. The van der Waals surface area contributed by atoms with Gasteiger partial charge in [0, 0.05) is 50.5 Å². The van der Waals surface area contributed by atoms with Gasteiger partial charge >= 0.3 is 0 Å². The van der Waals surface area contributed by atoms with Crippen LogP contribution in [0.25, 0.3) is 0 Å². The average Bonchev–Trinajstić information content (AvgIpc) is 2.87. The third kappa shape index (κ3) is 6.51. The molecule has 0 spiro atoms. The van der Waals surface area contributed by atoms with Crippen molar-refractivity contribution in [2.75, 3.05) is 62.9 Å². The number of amides is 2. The number of benzene rings is 1. The van der Waals surface area contributed by atoms with Crippen molar-refractivity contribution >= 4 is 58.2 Å². The van der Waals surface area contributed by atoms with Gasteiger partial charge in [0.1, 0.15) is 10.8 Å². The summed E-state index contributed by atoms with van der Waals surface area (Å²) in [6.45, 7) is 8.20. The number of aromatic nitrogens is 2. The molecule has 0 atom stereocenters. The van der Waals surface area contributed by atoms with Gasteiger partial charge in [-0.2, -0.15) is 0 Å². The summed E-state index contributed by atoms with van der Waals surface area (Å²) in [5.74, 6) is 0.704. The molecule has 2 fully saturated rings. The monoisotopic (exact) mass is 559 g/mol. The van der Waals surface area contributed by atoms with E-state index < -0.39 is 0 Å². The molecule has 2 saturated heterocycles. The fourth-order valence-corrected chi connectivity index (χ4v) is 5.90. The van der Waals surface area contributed by atoms with Gasteiger partial charge in [-0.15, -0.1) is 0 Å². The molecule has 2 amide bonds. The molecule has 2 aromatic rings. The topological polar surface area (TPSA) is 103 Å². The number of methoxy groups -OCH3 is 1. The molecule has 1 aromatic carbocycles. The Bertz CT molecular complexity index is 1200. The number of nitrogens with zero attached hydrogens (tertiary/aromatic N) is 5. The Morgan fingerprint density at radius 1 is 1.24 bits per heavy atom. The Balaban J connectivity index is 1.58. The van der Waals surface area contributed by atoms with E-state index in [9.17, 15) is 9.59 Å². The van der Waals surface area contributed by atoms with Gasteiger partial charge in [0.25, 0.3) is 0 Å². The van der Waals surface area contributed by atoms with Gasteiger partial charge in [-0.25, -0.2) is 9.97 Å². The first-order chi connectivity index (χ1) is 18.2. The highest BCUT2D eigenvalue weighted by Crippen LogP contribution is 2.40. The Hall–Kier alpha value is -3.02. The van der Waals surface area contributed by atoms with Crippen LogP contribution in [0.1, 0.15) is 19.8 Å². The van der Waals surface area contributed by atoms with E-state index in [1.54, 1.807) is 25.1 Å². The van der Waals surface area contributed by atoms with Crippen LogP contribution in [0.2, 0.25) is 5.02 Å². The highest BCUT2D eigenvalue weighted by molar-refractivity contribution is 8.00. The van der Waals surface area contributed by atoms with E-state index in [1.165, 1.54) is 17.8 Å². The summed E-state index contributed by atoms with van der Waals surface area (Å²) in [6, 6.07) is 4.28. The molecule has 0 bridgehead atoms. The van der Waals surface area contributed by atoms with E-state index >= 15 is 0 Å². The van der Waals surface area contributed by atoms with Crippen molar-refractivity contribution in [3.63, 3.8) is 0 Å². The molecule has 4 rings (SSSR count). The molecule has 0 unspecified atom stereocenters. The summed E-state index contributed by atoms with van der Waals surface area (Å²) >= 11 is 7.90. The number of hydrogen-bond donors (Lipinski definition) is 2. The lowest BCUT2D eigenvalue weighted by atomic mass is 10.0. The average molecular weight is 560 g/mol. The number of hydrogen-bond acceptors (Lipinski definition) is 9. The van der Waals surface area contributed by atoms with Gasteiger partial charge in [-0.05, 0) is 39.1 Å². The van der Waals surface area contributed by atoms with Gasteiger partial charge in [0.15, 0.2) is 0 Å². The zero-order valence-corrected chi connectivity index (χ0v) is 23.7. The number of likely N-dealkylation sites (tertiary alicyclic amines) is 1. The lowest BCUT2D eigenvalue weighted by Gasteiger charge is -2.37. The number of halogens is 1. The van der Waals surface area contributed by atoms with E-state index in [0.29, 0.717) is 52.3 Å². The Labute approximate surface area is 232 Å². The van der Waals surface area contributed by atoms with Gasteiger partial charge in [-0.1, -0.05) is 29.9 Å². The van der Waals surface area contributed by atoms with Crippen LogP contribution in [0.3, 0.4) is 0 Å². The second kappa shape index (κ2) is 12.2. The maximum absolute atomic E-state index is 12.3. The zero-order chi connectivity index (χ0) is 27.4. The largest absolute Gasteiger partial charge is 0.494 e. The summed E-state index contributed by atoms with van der Waals surface area (Å²) in [5, 5.41) is 7.48. The molecular weight excluding hydrogens is 526 g/mol. The molecule has 2 N–H and O–H groups in total. The van der Waals surface area contributed by atoms with Crippen molar-refractivity contribution in [2.24, 2.45) is 0 Å². The third-order valence-electron chi connectivity index (χ3n) is 6.83. The number of rotatable bonds is 9. The summed E-state index contributed by atoms with van der Waals surface area (Å²) < 4.78 is 5.72. The van der Waals surface area contributed by atoms with Gasteiger partial charge < -0.3 is 30.1 Å². The van der Waals surface area contributed by atoms with Crippen molar-refractivity contribution in [3.8, 4) is 5.75 Å². The van der Waals surface area contributed by atoms with Crippen molar-refractivity contribution in [1.82, 2.24) is 19.8 Å². The van der Waals surface area contributed by atoms with E-state index in [1.807, 2.05) is 12.1 Å². The molecule has 10 nitrogen and oxygen atoms in total. The lowest BCUT2D eigenvalue weighted by molar-refractivity contribution is -0.131. The second-order valence-electron chi connectivity index (χ2n) is 9.58. The highest BCUT2D eigenvalue weighted by atomic mass is 35.5. The van der Waals surface area contributed by atoms with Crippen LogP contribution in [0.5, 0.6) is 5.75 Å². The number of carbonyl (C=O) groups is 2. The number of piperidine rings is 1. The van der Waals surface area contributed by atoms with Gasteiger partial charge in [0.05, 0.1) is 35.4 Å². The van der Waals surface area contributed by atoms with Crippen LogP contribution in [0, 0.1) is 0 Å². The van der Waals surface area contributed by atoms with Crippen LogP contribution < -0.4 is 20.3 Å². The smallest absolute Gasteiger partial charge is 0.247 e. The summed E-state index contributed by atoms with van der Waals surface area (Å²) in [6.07, 6.45) is 4.85. The molecular formula is C26H34ClN7O3S. The third-order valence-corrected chi connectivity index (χ3v) is 8.38. The maximum Gasteiger partial charge on any atom is 0.247 e. The predicted octanol–water partition coefficient (Wildman–Crippen LogP) is 3.86. The van der Waals surface area contributed by atoms with Crippen molar-refractivity contribution in [1.29, 1.82) is 0 Å². The highest BCUT2D eigenvalue weighted by Gasteiger charge is 2.30. The number of anilines is 4. The molecule has 38 heavy (non-hydrogen) atoms. The van der Waals surface area contributed by atoms with E-state index in [4.69, 9.17) is 16.3 Å². The van der Waals surface area contributed by atoms with Crippen molar-refractivity contribution in [3.05, 3.63) is 36.0 Å². The Morgan fingerprint density at radius 2 is 1.95 bits per heavy atom. The summed E-state index contributed by atoms with van der Waals surface area (Å²) in [7, 11) is 5.82. The number of thioether (sulfide) groups is 1. The fraction of sp³-hybridized carbons (Fsp3) is 0.462. The summed E-state index contributed by atoms with van der Waals surface area (Å²) in [5.41, 5.74) is 2.13. The maximum atomic E-state index is 12.3. The first-order valence-electron chi connectivity index (χ1n) is 12.5. The molecule has 3 heterocycles. The first kappa shape index (κ1) is 28.0. The molecule has 0 aliphatic carbocycles. The normalized spacial score (nSPS) is 16.3. The predicted molar refractivity (Wildman–Crippen MR) is 153 cm³/mol. The van der Waals surface area contributed by atoms with Gasteiger partial charge in [-0.3, -0.25) is 9.59 Å². The van der Waals surface area contributed by atoms with Crippen LogP contribution in [0.15, 0.2) is 36.0 Å². The molecule has 1 aromatic heterocycles. The minimum atomic E-state index is -0.299. The number of carbonyl (C=O) groups excluding carboxylic acids is 2. The molecule has 12 heteroatoms. The van der Waals surface area contributed by atoms with Crippen molar-refractivity contribution < 1.29 is 14.3 Å². The lowest BCUT2D eigenvalue weighted by Crippen LogP contribution is -2.51. The quantitative estimate of drug-likeness (QED) is 0.350. The number of nitrogens with one attached hydrogen (secondary N) is 2. The second-order valence-corrected chi connectivity index (χ2v) is 11.3.